The Bertz CT molecular complexity index is 170. The summed E-state index contributed by atoms with van der Waals surface area (Å²) in [4.78, 5) is 0. The number of fused-ring (bicyclic) bond motifs is 1. The normalized spacial score (nSPS) is 58.0. The number of nitrogens with zero attached hydrogens (tertiary/aromatic N) is 1. The smallest absolute Gasteiger partial charge is 0.0694 e. The van der Waals surface area contributed by atoms with Crippen molar-refractivity contribution in [2.45, 2.75) is 18.9 Å². The lowest BCUT2D eigenvalue weighted by Gasteiger charge is -2.25. The summed E-state index contributed by atoms with van der Waals surface area (Å²) in [5.41, 5.74) is 5.66. The largest absolute Gasteiger partial charge is 0.327 e. The molecule has 0 amide bonds. The summed E-state index contributed by atoms with van der Waals surface area (Å²) in [7, 11) is 0. The maximum absolute atomic E-state index is 8.50. The van der Waals surface area contributed by atoms with Gasteiger partial charge in [0, 0.05) is 6.04 Å². The van der Waals surface area contributed by atoms with Gasteiger partial charge in [0.05, 0.1) is 11.5 Å². The van der Waals surface area contributed by atoms with Gasteiger partial charge >= 0.3 is 0 Å². The van der Waals surface area contributed by atoms with Gasteiger partial charge in [-0.2, -0.15) is 5.26 Å². The first kappa shape index (κ1) is 4.34. The van der Waals surface area contributed by atoms with Crippen LogP contribution in [0.3, 0.4) is 0 Å². The molecular formula is C6H8N2. The lowest BCUT2D eigenvalue weighted by molar-refractivity contribution is 0.316. The Morgan fingerprint density at radius 1 is 1.62 bits per heavy atom. The average Bonchev–Trinajstić information content (AvgIpc) is 2.36. The number of nitriles is 1. The van der Waals surface area contributed by atoms with E-state index in [0.717, 1.165) is 12.8 Å². The van der Waals surface area contributed by atoms with Crippen molar-refractivity contribution in [2.75, 3.05) is 0 Å². The molecule has 0 bridgehead atoms. The quantitative estimate of drug-likeness (QED) is 0.483. The molecule has 3 unspecified atom stereocenters. The minimum atomic E-state index is 0.0828. The summed E-state index contributed by atoms with van der Waals surface area (Å²) in [6.07, 6.45) is 2.03. The number of hydrogen-bond acceptors (Lipinski definition) is 2. The van der Waals surface area contributed by atoms with Gasteiger partial charge in [-0.1, -0.05) is 0 Å². The van der Waals surface area contributed by atoms with Crippen LogP contribution in [0.15, 0.2) is 0 Å². The van der Waals surface area contributed by atoms with E-state index in [0.29, 0.717) is 12.0 Å². The van der Waals surface area contributed by atoms with E-state index in [-0.39, 0.29) is 5.41 Å². The van der Waals surface area contributed by atoms with Gasteiger partial charge in [-0.05, 0) is 18.8 Å². The summed E-state index contributed by atoms with van der Waals surface area (Å²) in [6.45, 7) is 0. The van der Waals surface area contributed by atoms with Crippen molar-refractivity contribution >= 4 is 0 Å². The first-order valence-electron chi connectivity index (χ1n) is 2.95. The van der Waals surface area contributed by atoms with Crippen molar-refractivity contribution in [3.05, 3.63) is 0 Å². The van der Waals surface area contributed by atoms with Crippen LogP contribution in [-0.4, -0.2) is 6.04 Å². The zero-order valence-electron chi connectivity index (χ0n) is 4.59. The molecule has 0 spiro atoms. The van der Waals surface area contributed by atoms with Crippen LogP contribution in [0.4, 0.5) is 0 Å². The highest BCUT2D eigenvalue weighted by atomic mass is 14.8. The second kappa shape index (κ2) is 0.918. The fraction of sp³-hybridized carbons (Fsp3) is 0.833. The molecule has 2 N–H and O–H groups in total. The highest BCUT2D eigenvalue weighted by Crippen LogP contribution is 2.66. The molecule has 2 rings (SSSR count). The molecule has 2 aliphatic carbocycles. The van der Waals surface area contributed by atoms with E-state index in [1.807, 2.05) is 0 Å². The maximum Gasteiger partial charge on any atom is 0.0694 e. The lowest BCUT2D eigenvalue weighted by atomic mass is 9.82. The number of rotatable bonds is 0. The van der Waals surface area contributed by atoms with Crippen LogP contribution in [0.25, 0.3) is 0 Å². The molecule has 0 aromatic carbocycles. The van der Waals surface area contributed by atoms with Crippen molar-refractivity contribution in [1.82, 2.24) is 0 Å². The van der Waals surface area contributed by atoms with Gasteiger partial charge in [-0.3, -0.25) is 0 Å². The third kappa shape index (κ3) is 0.258. The van der Waals surface area contributed by atoms with E-state index in [1.165, 1.54) is 0 Å². The molecule has 2 aliphatic rings. The third-order valence-electron chi connectivity index (χ3n) is 2.47. The molecule has 0 aromatic heterocycles. The first-order chi connectivity index (χ1) is 3.78. The highest BCUT2D eigenvalue weighted by Gasteiger charge is 2.66. The van der Waals surface area contributed by atoms with Crippen molar-refractivity contribution in [3.8, 4) is 6.07 Å². The zero-order valence-corrected chi connectivity index (χ0v) is 4.59. The van der Waals surface area contributed by atoms with Crippen molar-refractivity contribution in [3.63, 3.8) is 0 Å². The molecular weight excluding hydrogens is 100 g/mol. The molecule has 2 saturated carbocycles. The first-order valence-corrected chi connectivity index (χ1v) is 2.95. The fourth-order valence-corrected chi connectivity index (χ4v) is 1.71. The Balaban J connectivity index is 2.15. The topological polar surface area (TPSA) is 49.8 Å². The fourth-order valence-electron chi connectivity index (χ4n) is 1.71. The van der Waals surface area contributed by atoms with Gasteiger partial charge in [-0.15, -0.1) is 0 Å². The van der Waals surface area contributed by atoms with Crippen LogP contribution in [-0.2, 0) is 0 Å². The van der Waals surface area contributed by atoms with E-state index in [9.17, 15) is 0 Å². The Labute approximate surface area is 48.3 Å². The molecule has 3 atom stereocenters. The maximum atomic E-state index is 8.50. The van der Waals surface area contributed by atoms with E-state index in [4.69, 9.17) is 11.0 Å². The van der Waals surface area contributed by atoms with Gasteiger partial charge in [0.2, 0.25) is 0 Å². The molecule has 0 radical (unpaired) electrons. The van der Waals surface area contributed by atoms with Crippen molar-refractivity contribution in [1.29, 1.82) is 5.26 Å². The Hall–Kier alpha value is -0.550. The summed E-state index contributed by atoms with van der Waals surface area (Å²) in [6, 6.07) is 2.66. The molecule has 0 heterocycles. The SMILES string of the molecule is N#CC12CC(N)C1C2. The van der Waals surface area contributed by atoms with Crippen LogP contribution >= 0.6 is 0 Å². The summed E-state index contributed by atoms with van der Waals surface area (Å²) in [5.74, 6) is 0.576. The Morgan fingerprint density at radius 3 is 2.50 bits per heavy atom. The molecule has 2 fully saturated rings. The third-order valence-corrected chi connectivity index (χ3v) is 2.47. The molecule has 0 aromatic rings. The van der Waals surface area contributed by atoms with E-state index >= 15 is 0 Å². The van der Waals surface area contributed by atoms with Crippen LogP contribution in [0.5, 0.6) is 0 Å². The summed E-state index contributed by atoms with van der Waals surface area (Å²) in [5, 5.41) is 8.50. The second-order valence-electron chi connectivity index (χ2n) is 2.95. The van der Waals surface area contributed by atoms with Crippen LogP contribution in [0.1, 0.15) is 12.8 Å². The monoisotopic (exact) mass is 108 g/mol. The van der Waals surface area contributed by atoms with Gasteiger partial charge in [0.15, 0.2) is 0 Å². The van der Waals surface area contributed by atoms with E-state index in [2.05, 4.69) is 6.07 Å². The molecule has 8 heavy (non-hydrogen) atoms. The van der Waals surface area contributed by atoms with Crippen molar-refractivity contribution in [2.24, 2.45) is 17.1 Å². The van der Waals surface area contributed by atoms with Gasteiger partial charge < -0.3 is 5.73 Å². The van der Waals surface area contributed by atoms with Gasteiger partial charge in [-0.25, -0.2) is 0 Å². The average molecular weight is 108 g/mol. The van der Waals surface area contributed by atoms with Gasteiger partial charge in [0.1, 0.15) is 0 Å². The van der Waals surface area contributed by atoms with E-state index < -0.39 is 0 Å². The van der Waals surface area contributed by atoms with Gasteiger partial charge in [0.25, 0.3) is 0 Å². The lowest BCUT2D eigenvalue weighted by Crippen LogP contribution is -2.37. The molecule has 42 valence electrons. The minimum absolute atomic E-state index is 0.0828. The predicted molar refractivity (Wildman–Crippen MR) is 28.7 cm³/mol. The molecule has 0 aliphatic heterocycles. The summed E-state index contributed by atoms with van der Waals surface area (Å²) < 4.78 is 0. The zero-order chi connectivity index (χ0) is 5.78. The highest BCUT2D eigenvalue weighted by molar-refractivity contribution is 5.27. The standard InChI is InChI=1S/C6H8N2/c7-3-6-1-4(6)5(8)2-6/h4-5H,1-2,8H2. The summed E-state index contributed by atoms with van der Waals surface area (Å²) >= 11 is 0. The molecule has 2 nitrogen and oxygen atoms in total. The number of hydrogen-bond donors (Lipinski definition) is 1. The van der Waals surface area contributed by atoms with Crippen LogP contribution in [0.2, 0.25) is 0 Å². The predicted octanol–water partition coefficient (Wildman–Crippen LogP) is 0.247. The van der Waals surface area contributed by atoms with Crippen LogP contribution in [0, 0.1) is 22.7 Å². The van der Waals surface area contributed by atoms with Crippen LogP contribution < -0.4 is 5.73 Å². The Kier molecular flexibility index (Phi) is 0.498. The minimum Gasteiger partial charge on any atom is -0.327 e. The Morgan fingerprint density at radius 2 is 2.38 bits per heavy atom. The van der Waals surface area contributed by atoms with E-state index in [1.54, 1.807) is 0 Å². The molecule has 0 saturated heterocycles. The second-order valence-corrected chi connectivity index (χ2v) is 2.95. The van der Waals surface area contributed by atoms with Crippen molar-refractivity contribution < 1.29 is 0 Å². The molecule has 2 heteroatoms. The number of nitrogens with two attached hydrogens (primary N) is 1.